The van der Waals surface area contributed by atoms with Gasteiger partial charge in [0.15, 0.2) is 0 Å². The van der Waals surface area contributed by atoms with Gasteiger partial charge in [-0.25, -0.2) is 0 Å². The van der Waals surface area contributed by atoms with Crippen LogP contribution < -0.4 is 5.32 Å². The smallest absolute Gasteiger partial charge is 0.254 e. The third kappa shape index (κ3) is 5.95. The van der Waals surface area contributed by atoms with E-state index in [0.29, 0.717) is 18.7 Å². The molecule has 5 heteroatoms. The van der Waals surface area contributed by atoms with Crippen LogP contribution in [0.2, 0.25) is 0 Å². The zero-order valence-corrected chi connectivity index (χ0v) is 13.0. The molecular formula is C16H24N2O3. The molecular weight excluding hydrogens is 268 g/mol. The molecule has 1 aromatic carbocycles. The van der Waals surface area contributed by atoms with Gasteiger partial charge in [-0.05, 0) is 30.5 Å². The van der Waals surface area contributed by atoms with Crippen molar-refractivity contribution in [3.63, 3.8) is 0 Å². The number of methoxy groups -OCH3 is 1. The number of likely N-dealkylation sites (N-methyl/N-ethyl adjacent to an activating group) is 1. The number of amides is 2. The summed E-state index contributed by atoms with van der Waals surface area (Å²) in [6.45, 7) is 3.29. The van der Waals surface area contributed by atoms with E-state index in [0.717, 1.165) is 12.8 Å². The molecule has 0 unspecified atom stereocenters. The Hall–Kier alpha value is -1.88. The van der Waals surface area contributed by atoms with Crippen LogP contribution in [-0.2, 0) is 16.0 Å². The fraction of sp³-hybridized carbons (Fsp3) is 0.500. The Morgan fingerprint density at radius 2 is 1.90 bits per heavy atom. The van der Waals surface area contributed by atoms with Crippen LogP contribution >= 0.6 is 0 Å². The van der Waals surface area contributed by atoms with E-state index in [4.69, 9.17) is 4.74 Å². The number of nitrogens with zero attached hydrogens (tertiary/aromatic N) is 1. The number of rotatable bonds is 8. The SMILES string of the molecule is CCc1ccc(C(=O)N(C)CC(=O)NCCCOC)cc1. The minimum Gasteiger partial charge on any atom is -0.385 e. The third-order valence-corrected chi connectivity index (χ3v) is 3.18. The van der Waals surface area contributed by atoms with Gasteiger partial charge >= 0.3 is 0 Å². The number of ether oxygens (including phenoxy) is 1. The van der Waals surface area contributed by atoms with Gasteiger partial charge < -0.3 is 15.0 Å². The Labute approximate surface area is 126 Å². The van der Waals surface area contributed by atoms with Crippen LogP contribution in [0, 0.1) is 0 Å². The second-order valence-corrected chi connectivity index (χ2v) is 4.91. The minimum atomic E-state index is -0.160. The second kappa shape index (κ2) is 9.13. The summed E-state index contributed by atoms with van der Waals surface area (Å²) < 4.78 is 4.90. The van der Waals surface area contributed by atoms with Gasteiger partial charge in [0.05, 0.1) is 6.54 Å². The lowest BCUT2D eigenvalue weighted by Gasteiger charge is -2.17. The number of aryl methyl sites for hydroxylation is 1. The van der Waals surface area contributed by atoms with Crippen LogP contribution in [0.25, 0.3) is 0 Å². The summed E-state index contributed by atoms with van der Waals surface area (Å²) in [4.78, 5) is 25.3. The molecule has 0 saturated carbocycles. The topological polar surface area (TPSA) is 58.6 Å². The molecule has 1 N–H and O–H groups in total. The number of hydrogen-bond acceptors (Lipinski definition) is 3. The van der Waals surface area contributed by atoms with E-state index in [1.165, 1.54) is 10.5 Å². The van der Waals surface area contributed by atoms with Crippen LogP contribution in [-0.4, -0.2) is 50.6 Å². The molecule has 116 valence electrons. The van der Waals surface area contributed by atoms with E-state index in [-0.39, 0.29) is 18.4 Å². The van der Waals surface area contributed by atoms with E-state index >= 15 is 0 Å². The van der Waals surface area contributed by atoms with Crippen LogP contribution in [0.1, 0.15) is 29.3 Å². The van der Waals surface area contributed by atoms with Gasteiger partial charge in [-0.1, -0.05) is 19.1 Å². The highest BCUT2D eigenvalue weighted by Gasteiger charge is 2.14. The van der Waals surface area contributed by atoms with Gasteiger partial charge in [0.1, 0.15) is 0 Å². The summed E-state index contributed by atoms with van der Waals surface area (Å²) in [7, 11) is 3.25. The Morgan fingerprint density at radius 3 is 2.48 bits per heavy atom. The van der Waals surface area contributed by atoms with Crippen molar-refractivity contribution in [3.05, 3.63) is 35.4 Å². The molecule has 0 bridgehead atoms. The van der Waals surface area contributed by atoms with Crippen molar-refractivity contribution in [2.24, 2.45) is 0 Å². The number of benzene rings is 1. The van der Waals surface area contributed by atoms with Gasteiger partial charge in [-0.15, -0.1) is 0 Å². The lowest BCUT2D eigenvalue weighted by Crippen LogP contribution is -2.38. The van der Waals surface area contributed by atoms with Gasteiger partial charge in [0, 0.05) is 32.9 Å². The third-order valence-electron chi connectivity index (χ3n) is 3.18. The fourth-order valence-corrected chi connectivity index (χ4v) is 1.89. The van der Waals surface area contributed by atoms with Crippen molar-refractivity contribution in [2.45, 2.75) is 19.8 Å². The number of nitrogens with one attached hydrogen (secondary N) is 1. The number of carbonyl (C=O) groups excluding carboxylic acids is 2. The first kappa shape index (κ1) is 17.2. The van der Waals surface area contributed by atoms with Crippen molar-refractivity contribution in [3.8, 4) is 0 Å². The Kier molecular flexibility index (Phi) is 7.46. The molecule has 0 fully saturated rings. The summed E-state index contributed by atoms with van der Waals surface area (Å²) >= 11 is 0. The average Bonchev–Trinajstić information content (AvgIpc) is 2.51. The molecule has 0 aromatic heterocycles. The molecule has 0 heterocycles. The number of hydrogen-bond donors (Lipinski definition) is 1. The highest BCUT2D eigenvalue weighted by molar-refractivity contribution is 5.96. The highest BCUT2D eigenvalue weighted by Crippen LogP contribution is 2.07. The first-order valence-corrected chi connectivity index (χ1v) is 7.18. The van der Waals surface area contributed by atoms with Gasteiger partial charge in [0.25, 0.3) is 5.91 Å². The van der Waals surface area contributed by atoms with Crippen LogP contribution in [0.15, 0.2) is 24.3 Å². The lowest BCUT2D eigenvalue weighted by atomic mass is 10.1. The maximum atomic E-state index is 12.2. The fourth-order valence-electron chi connectivity index (χ4n) is 1.89. The minimum absolute atomic E-state index is 0.0569. The zero-order chi connectivity index (χ0) is 15.7. The van der Waals surface area contributed by atoms with Crippen LogP contribution in [0.4, 0.5) is 0 Å². The summed E-state index contributed by atoms with van der Waals surface area (Å²) in [6.07, 6.45) is 1.70. The normalized spacial score (nSPS) is 10.2. The quantitative estimate of drug-likeness (QED) is 0.738. The first-order valence-electron chi connectivity index (χ1n) is 7.18. The lowest BCUT2D eigenvalue weighted by molar-refractivity contribution is -0.121. The second-order valence-electron chi connectivity index (χ2n) is 4.91. The molecule has 0 aliphatic rings. The molecule has 0 radical (unpaired) electrons. The molecule has 5 nitrogen and oxygen atoms in total. The van der Waals surface area contributed by atoms with Crippen molar-refractivity contribution in [2.75, 3.05) is 33.9 Å². The Bertz CT molecular complexity index is 457. The predicted octanol–water partition coefficient (Wildman–Crippen LogP) is 1.47. The van der Waals surface area contributed by atoms with Crippen molar-refractivity contribution < 1.29 is 14.3 Å². The molecule has 0 spiro atoms. The van der Waals surface area contributed by atoms with E-state index < -0.39 is 0 Å². The van der Waals surface area contributed by atoms with E-state index in [2.05, 4.69) is 12.2 Å². The van der Waals surface area contributed by atoms with E-state index in [1.807, 2.05) is 12.1 Å². The average molecular weight is 292 g/mol. The summed E-state index contributed by atoms with van der Waals surface area (Å²) in [6, 6.07) is 7.47. The van der Waals surface area contributed by atoms with E-state index in [1.54, 1.807) is 26.3 Å². The monoisotopic (exact) mass is 292 g/mol. The Balaban J connectivity index is 2.44. The van der Waals surface area contributed by atoms with Gasteiger partial charge in [-0.2, -0.15) is 0 Å². The van der Waals surface area contributed by atoms with Crippen molar-refractivity contribution in [1.82, 2.24) is 10.2 Å². The summed E-state index contributed by atoms with van der Waals surface area (Å²) in [5.41, 5.74) is 1.78. The highest BCUT2D eigenvalue weighted by atomic mass is 16.5. The van der Waals surface area contributed by atoms with Gasteiger partial charge in [-0.3, -0.25) is 9.59 Å². The molecule has 21 heavy (non-hydrogen) atoms. The maximum absolute atomic E-state index is 12.2. The molecule has 0 atom stereocenters. The molecule has 2 amide bonds. The standard InChI is InChI=1S/C16H24N2O3/c1-4-13-6-8-14(9-7-13)16(20)18(2)12-15(19)17-10-5-11-21-3/h6-9H,4-5,10-12H2,1-3H3,(H,17,19). The molecule has 1 aromatic rings. The largest absolute Gasteiger partial charge is 0.385 e. The molecule has 0 saturated heterocycles. The van der Waals surface area contributed by atoms with Crippen molar-refractivity contribution in [1.29, 1.82) is 0 Å². The van der Waals surface area contributed by atoms with Crippen LogP contribution in [0.5, 0.6) is 0 Å². The maximum Gasteiger partial charge on any atom is 0.254 e. The van der Waals surface area contributed by atoms with Crippen molar-refractivity contribution >= 4 is 11.8 Å². The predicted molar refractivity (Wildman–Crippen MR) is 82.3 cm³/mol. The van der Waals surface area contributed by atoms with Gasteiger partial charge in [0.2, 0.25) is 5.91 Å². The molecule has 1 rings (SSSR count). The zero-order valence-electron chi connectivity index (χ0n) is 13.0. The molecule has 0 aliphatic heterocycles. The van der Waals surface area contributed by atoms with Crippen LogP contribution in [0.3, 0.4) is 0 Å². The number of carbonyl (C=O) groups is 2. The summed E-state index contributed by atoms with van der Waals surface area (Å²) in [5, 5.41) is 2.76. The molecule has 0 aliphatic carbocycles. The first-order chi connectivity index (χ1) is 10.1. The summed E-state index contributed by atoms with van der Waals surface area (Å²) in [5.74, 6) is -0.308. The Morgan fingerprint density at radius 1 is 1.24 bits per heavy atom. The van der Waals surface area contributed by atoms with E-state index in [9.17, 15) is 9.59 Å².